The summed E-state index contributed by atoms with van der Waals surface area (Å²) in [4.78, 5) is 16.9. The molecule has 2 fully saturated rings. The Morgan fingerprint density at radius 1 is 1.12 bits per heavy atom. The average molecular weight is 354 g/mol. The van der Waals surface area contributed by atoms with E-state index < -0.39 is 0 Å². The molecule has 1 aromatic carbocycles. The number of rotatable bonds is 5. The molecule has 2 heterocycles. The van der Waals surface area contributed by atoms with Crippen molar-refractivity contribution in [2.75, 3.05) is 52.9 Å². The smallest absolute Gasteiger partial charge is 0.176 e. The fraction of sp³-hybridized carbons (Fsp3) is 0.611. The Morgan fingerprint density at radius 3 is 2.38 bits per heavy atom. The molecule has 3 rings (SSSR count). The molecule has 1 N–H and O–H groups in total. The van der Waals surface area contributed by atoms with Crippen molar-refractivity contribution >= 4 is 18.2 Å². The van der Waals surface area contributed by atoms with E-state index in [9.17, 15) is 4.79 Å². The summed E-state index contributed by atoms with van der Waals surface area (Å²) in [5.41, 5.74) is 0.779. The maximum absolute atomic E-state index is 12.4. The molecule has 2 saturated heterocycles. The number of hydrogen-bond donors (Lipinski definition) is 1. The zero-order chi connectivity index (χ0) is 16.1. The van der Waals surface area contributed by atoms with Crippen LogP contribution >= 0.6 is 12.4 Å². The van der Waals surface area contributed by atoms with Crippen molar-refractivity contribution in [3.63, 3.8) is 0 Å². The number of ether oxygens (including phenoxy) is 1. The summed E-state index contributed by atoms with van der Waals surface area (Å²) in [6.07, 6.45) is 2.39. The van der Waals surface area contributed by atoms with Crippen molar-refractivity contribution in [1.29, 1.82) is 0 Å². The van der Waals surface area contributed by atoms with Gasteiger partial charge in [-0.1, -0.05) is 0 Å². The summed E-state index contributed by atoms with van der Waals surface area (Å²) in [6.45, 7) is 6.58. The third kappa shape index (κ3) is 5.45. The van der Waals surface area contributed by atoms with Crippen LogP contribution in [0.5, 0.6) is 5.75 Å². The summed E-state index contributed by atoms with van der Waals surface area (Å²) in [5.74, 6) is 1.07. The largest absolute Gasteiger partial charge is 0.490 e. The Hall–Kier alpha value is -1.14. The van der Waals surface area contributed by atoms with Gasteiger partial charge < -0.3 is 15.0 Å². The van der Waals surface area contributed by atoms with Crippen LogP contribution in [0.1, 0.15) is 23.2 Å². The number of hydrogen-bond acceptors (Lipinski definition) is 5. The first-order valence-corrected chi connectivity index (χ1v) is 8.62. The molecule has 5 nitrogen and oxygen atoms in total. The second kappa shape index (κ2) is 9.37. The molecule has 2 aliphatic heterocycles. The van der Waals surface area contributed by atoms with Gasteiger partial charge in [-0.2, -0.15) is 0 Å². The predicted molar refractivity (Wildman–Crippen MR) is 98.5 cm³/mol. The van der Waals surface area contributed by atoms with E-state index in [1.54, 1.807) is 0 Å². The zero-order valence-electron chi connectivity index (χ0n) is 14.4. The van der Waals surface area contributed by atoms with E-state index in [1.165, 1.54) is 0 Å². The van der Waals surface area contributed by atoms with Crippen LogP contribution in [0.15, 0.2) is 24.3 Å². The Morgan fingerprint density at radius 2 is 1.75 bits per heavy atom. The van der Waals surface area contributed by atoms with E-state index in [1.807, 2.05) is 24.3 Å². The SMILES string of the molecule is CN1CCN(CC(=O)c2ccc(OC3CCNCC3)cc2)CC1.Cl. The third-order valence-electron chi connectivity index (χ3n) is 4.73. The molecule has 2 aliphatic rings. The van der Waals surface area contributed by atoms with Crippen molar-refractivity contribution in [3.8, 4) is 5.75 Å². The highest BCUT2D eigenvalue weighted by Gasteiger charge is 2.18. The number of nitrogens with one attached hydrogen (secondary N) is 1. The summed E-state index contributed by atoms with van der Waals surface area (Å²) in [6, 6.07) is 7.65. The van der Waals surface area contributed by atoms with Crippen molar-refractivity contribution < 1.29 is 9.53 Å². The van der Waals surface area contributed by atoms with E-state index in [0.717, 1.165) is 63.4 Å². The Balaban J connectivity index is 0.00000208. The molecule has 0 bridgehead atoms. The number of nitrogens with zero attached hydrogens (tertiary/aromatic N) is 2. The number of carbonyl (C=O) groups is 1. The molecule has 0 aliphatic carbocycles. The van der Waals surface area contributed by atoms with Gasteiger partial charge in [-0.3, -0.25) is 9.69 Å². The van der Waals surface area contributed by atoms with Gasteiger partial charge in [0.15, 0.2) is 5.78 Å². The van der Waals surface area contributed by atoms with Crippen molar-refractivity contribution in [3.05, 3.63) is 29.8 Å². The quantitative estimate of drug-likeness (QED) is 0.816. The normalized spacial score (nSPS) is 20.4. The van der Waals surface area contributed by atoms with Gasteiger partial charge in [-0.25, -0.2) is 0 Å². The van der Waals surface area contributed by atoms with Gasteiger partial charge in [0.2, 0.25) is 0 Å². The van der Waals surface area contributed by atoms with Gasteiger partial charge in [0.1, 0.15) is 11.9 Å². The molecule has 0 unspecified atom stereocenters. The lowest BCUT2D eigenvalue weighted by Crippen LogP contribution is -2.46. The molecular formula is C18H28ClN3O2. The molecule has 0 atom stereocenters. The number of carbonyl (C=O) groups excluding carboxylic acids is 1. The first kappa shape index (κ1) is 19.2. The minimum absolute atomic E-state index is 0. The highest BCUT2D eigenvalue weighted by atomic mass is 35.5. The number of piperidine rings is 1. The van der Waals surface area contributed by atoms with Crippen LogP contribution in [0.3, 0.4) is 0 Å². The lowest BCUT2D eigenvalue weighted by atomic mass is 10.1. The summed E-state index contributed by atoms with van der Waals surface area (Å²) >= 11 is 0. The zero-order valence-corrected chi connectivity index (χ0v) is 15.2. The number of benzene rings is 1. The van der Waals surface area contributed by atoms with E-state index >= 15 is 0 Å². The maximum Gasteiger partial charge on any atom is 0.176 e. The number of piperazine rings is 1. The van der Waals surface area contributed by atoms with Gasteiger partial charge in [-0.15, -0.1) is 12.4 Å². The van der Waals surface area contributed by atoms with Crippen LogP contribution in [-0.2, 0) is 0 Å². The van der Waals surface area contributed by atoms with Gasteiger partial charge in [-0.05, 0) is 57.2 Å². The third-order valence-corrected chi connectivity index (χ3v) is 4.73. The number of ketones is 1. The average Bonchev–Trinajstić information content (AvgIpc) is 2.58. The number of Topliss-reactive ketones (excluding diaryl/α,β-unsaturated/α-hetero) is 1. The Labute approximate surface area is 150 Å². The van der Waals surface area contributed by atoms with Crippen LogP contribution in [0.25, 0.3) is 0 Å². The van der Waals surface area contributed by atoms with Gasteiger partial charge >= 0.3 is 0 Å². The van der Waals surface area contributed by atoms with E-state index in [2.05, 4.69) is 22.2 Å². The molecule has 134 valence electrons. The van der Waals surface area contributed by atoms with Gasteiger partial charge in [0, 0.05) is 31.7 Å². The minimum Gasteiger partial charge on any atom is -0.490 e. The summed E-state index contributed by atoms with van der Waals surface area (Å²) in [5, 5.41) is 3.33. The van der Waals surface area contributed by atoms with Gasteiger partial charge in [0.05, 0.1) is 6.54 Å². The first-order valence-electron chi connectivity index (χ1n) is 8.62. The van der Waals surface area contributed by atoms with Crippen LogP contribution in [0.2, 0.25) is 0 Å². The summed E-state index contributed by atoms with van der Waals surface area (Å²) in [7, 11) is 2.13. The molecular weight excluding hydrogens is 326 g/mol. The standard InChI is InChI=1S/C18H27N3O2.ClH/c1-20-10-12-21(13-11-20)14-18(22)15-2-4-16(5-3-15)23-17-6-8-19-9-7-17;/h2-5,17,19H,6-14H2,1H3;1H. The molecule has 0 spiro atoms. The van der Waals surface area contributed by atoms with E-state index in [0.29, 0.717) is 12.6 Å². The second-order valence-corrected chi connectivity index (χ2v) is 6.59. The molecule has 0 saturated carbocycles. The lowest BCUT2D eigenvalue weighted by molar-refractivity contribution is 0.0876. The first-order chi connectivity index (χ1) is 11.2. The van der Waals surface area contributed by atoms with Crippen molar-refractivity contribution in [1.82, 2.24) is 15.1 Å². The fourth-order valence-electron chi connectivity index (χ4n) is 3.13. The van der Waals surface area contributed by atoms with Gasteiger partial charge in [0.25, 0.3) is 0 Å². The molecule has 24 heavy (non-hydrogen) atoms. The molecule has 0 radical (unpaired) electrons. The number of likely N-dealkylation sites (N-methyl/N-ethyl adjacent to an activating group) is 1. The number of halogens is 1. The van der Waals surface area contributed by atoms with E-state index in [4.69, 9.17) is 4.74 Å². The highest BCUT2D eigenvalue weighted by molar-refractivity contribution is 5.97. The summed E-state index contributed by atoms with van der Waals surface area (Å²) < 4.78 is 5.98. The van der Waals surface area contributed by atoms with Crippen LogP contribution in [-0.4, -0.2) is 74.5 Å². The van der Waals surface area contributed by atoms with Crippen LogP contribution in [0, 0.1) is 0 Å². The molecule has 6 heteroatoms. The Bertz CT molecular complexity index is 510. The van der Waals surface area contributed by atoms with Crippen LogP contribution < -0.4 is 10.1 Å². The second-order valence-electron chi connectivity index (χ2n) is 6.59. The molecule has 1 aromatic rings. The lowest BCUT2D eigenvalue weighted by Gasteiger charge is -2.31. The highest BCUT2D eigenvalue weighted by Crippen LogP contribution is 2.18. The van der Waals surface area contributed by atoms with Crippen LogP contribution in [0.4, 0.5) is 0 Å². The topological polar surface area (TPSA) is 44.8 Å². The Kier molecular flexibility index (Phi) is 7.49. The fourth-order valence-corrected chi connectivity index (χ4v) is 3.13. The van der Waals surface area contributed by atoms with E-state index in [-0.39, 0.29) is 18.2 Å². The predicted octanol–water partition coefficient (Wildman–Crippen LogP) is 1.67. The van der Waals surface area contributed by atoms with Crippen molar-refractivity contribution in [2.45, 2.75) is 18.9 Å². The molecule has 0 aromatic heterocycles. The minimum atomic E-state index is 0. The monoisotopic (exact) mass is 353 g/mol. The molecule has 0 amide bonds. The van der Waals surface area contributed by atoms with Crippen molar-refractivity contribution in [2.24, 2.45) is 0 Å². The maximum atomic E-state index is 12.4.